The molecule has 0 aliphatic heterocycles. The quantitative estimate of drug-likeness (QED) is 0.140. The van der Waals surface area contributed by atoms with Crippen LogP contribution in [0.25, 0.3) is 66.1 Å². The second-order valence-electron chi connectivity index (χ2n) is 11.8. The molecule has 0 bridgehead atoms. The fourth-order valence-electron chi connectivity index (χ4n) is 6.65. The lowest BCUT2D eigenvalue weighted by molar-refractivity contribution is 0.592. The van der Waals surface area contributed by atoms with E-state index in [2.05, 4.69) is 59.6 Å². The lowest BCUT2D eigenvalue weighted by Crippen LogP contribution is -2.25. The van der Waals surface area contributed by atoms with Crippen LogP contribution in [0.4, 0.5) is 0 Å². The monoisotopic (exact) mass is 634 g/mol. The summed E-state index contributed by atoms with van der Waals surface area (Å²) < 4.78 is 15.4. The molecule has 48 heavy (non-hydrogen) atoms. The minimum Gasteiger partial charge on any atom is -0.309 e. The number of rotatable bonds is 5. The number of fused-ring (bicyclic) bond motifs is 6. The van der Waals surface area contributed by atoms with E-state index >= 15 is 4.57 Å². The molecule has 226 valence electrons. The Balaban J connectivity index is 1.20. The van der Waals surface area contributed by atoms with Crippen molar-refractivity contribution in [3.63, 3.8) is 0 Å². The van der Waals surface area contributed by atoms with Gasteiger partial charge in [-0.25, -0.2) is 9.97 Å². The summed E-state index contributed by atoms with van der Waals surface area (Å²) in [6.45, 7) is 0. The van der Waals surface area contributed by atoms with Crippen LogP contribution < -0.4 is 15.9 Å². The fourth-order valence-corrected chi connectivity index (χ4v) is 9.53. The summed E-state index contributed by atoms with van der Waals surface area (Å²) in [6.07, 6.45) is 3.59. The van der Waals surface area contributed by atoms with Crippen LogP contribution in [-0.4, -0.2) is 19.9 Å². The third kappa shape index (κ3) is 4.59. The average molecular weight is 635 g/mol. The Hall–Kier alpha value is -6.03. The number of hydrogen-bond acceptors (Lipinski definition) is 5. The normalized spacial score (nSPS) is 11.8. The standard InChI is InChI=1S/C42H27N4OP/c47-48(33-13-3-1-4-14-33,34-15-5-2-6-16-34)38-27-32-21-23-37(46-41(32)42-35(38)17-9-25-44-42)31-11-7-10-30(26-31)36-22-20-29-19-18-28-12-8-24-43-39(28)40(29)45-36/h1-27H. The number of hydrogen-bond donors (Lipinski definition) is 0. The summed E-state index contributed by atoms with van der Waals surface area (Å²) in [4.78, 5) is 19.7. The van der Waals surface area contributed by atoms with Gasteiger partial charge in [0.2, 0.25) is 0 Å². The molecule has 0 radical (unpaired) electrons. The smallest absolute Gasteiger partial charge is 0.171 e. The molecule has 0 unspecified atom stereocenters. The Kier molecular flexibility index (Phi) is 6.67. The molecule has 4 heterocycles. The molecule has 4 aromatic heterocycles. The highest BCUT2D eigenvalue weighted by molar-refractivity contribution is 7.85. The first-order chi connectivity index (χ1) is 23.7. The zero-order valence-corrected chi connectivity index (χ0v) is 26.6. The third-order valence-electron chi connectivity index (χ3n) is 8.99. The Morgan fingerprint density at radius 3 is 1.62 bits per heavy atom. The first kappa shape index (κ1) is 28.2. The molecule has 0 spiro atoms. The maximum Gasteiger partial charge on any atom is 0.171 e. The van der Waals surface area contributed by atoms with E-state index in [9.17, 15) is 0 Å². The van der Waals surface area contributed by atoms with E-state index in [4.69, 9.17) is 15.0 Å². The molecule has 5 aromatic carbocycles. The van der Waals surface area contributed by atoms with Gasteiger partial charge in [0.1, 0.15) is 0 Å². The Morgan fingerprint density at radius 2 is 0.958 bits per heavy atom. The van der Waals surface area contributed by atoms with Crippen molar-refractivity contribution in [2.24, 2.45) is 0 Å². The minimum atomic E-state index is -3.25. The summed E-state index contributed by atoms with van der Waals surface area (Å²) in [5.74, 6) is 0. The lowest BCUT2D eigenvalue weighted by atomic mass is 10.0. The van der Waals surface area contributed by atoms with Crippen LogP contribution in [0, 0.1) is 0 Å². The Morgan fingerprint density at radius 1 is 0.417 bits per heavy atom. The molecule has 9 rings (SSSR count). The topological polar surface area (TPSA) is 68.6 Å². The van der Waals surface area contributed by atoms with Gasteiger partial charge in [0.25, 0.3) is 0 Å². The predicted molar refractivity (Wildman–Crippen MR) is 198 cm³/mol. The van der Waals surface area contributed by atoms with Crippen molar-refractivity contribution in [3.05, 3.63) is 164 Å². The van der Waals surface area contributed by atoms with Gasteiger partial charge in [-0.05, 0) is 36.4 Å². The van der Waals surface area contributed by atoms with Crippen LogP contribution in [0.3, 0.4) is 0 Å². The SMILES string of the molecule is O=P(c1ccccc1)(c1ccccc1)c1cc2ccc(-c3cccc(-c4ccc5ccc6cccnc6c5n4)c3)nc2c2ncccc12. The maximum atomic E-state index is 15.4. The van der Waals surface area contributed by atoms with Crippen molar-refractivity contribution >= 4 is 66.7 Å². The van der Waals surface area contributed by atoms with Crippen LogP contribution in [0.1, 0.15) is 0 Å². The minimum absolute atomic E-state index is 0.727. The highest BCUT2D eigenvalue weighted by Crippen LogP contribution is 2.45. The van der Waals surface area contributed by atoms with E-state index in [0.29, 0.717) is 0 Å². The van der Waals surface area contributed by atoms with Gasteiger partial charge in [-0.2, -0.15) is 0 Å². The molecule has 0 N–H and O–H groups in total. The van der Waals surface area contributed by atoms with Gasteiger partial charge < -0.3 is 4.57 Å². The van der Waals surface area contributed by atoms with Crippen molar-refractivity contribution in [1.29, 1.82) is 0 Å². The van der Waals surface area contributed by atoms with Crippen molar-refractivity contribution in [2.75, 3.05) is 0 Å². The lowest BCUT2D eigenvalue weighted by Gasteiger charge is -2.22. The summed E-state index contributed by atoms with van der Waals surface area (Å²) in [5, 5.41) is 6.17. The van der Waals surface area contributed by atoms with E-state index < -0.39 is 7.14 Å². The number of nitrogens with zero attached hydrogens (tertiary/aromatic N) is 4. The average Bonchev–Trinajstić information content (AvgIpc) is 3.17. The van der Waals surface area contributed by atoms with Crippen molar-refractivity contribution < 1.29 is 4.57 Å². The van der Waals surface area contributed by atoms with E-state index in [-0.39, 0.29) is 0 Å². The summed E-state index contributed by atoms with van der Waals surface area (Å²) in [7, 11) is -3.25. The van der Waals surface area contributed by atoms with Gasteiger partial charge in [-0.3, -0.25) is 9.97 Å². The molecule has 0 aliphatic carbocycles. The number of aromatic nitrogens is 4. The van der Waals surface area contributed by atoms with Crippen LogP contribution >= 0.6 is 7.14 Å². The summed E-state index contributed by atoms with van der Waals surface area (Å²) in [6, 6.07) is 50.2. The number of benzene rings is 5. The largest absolute Gasteiger partial charge is 0.309 e. The van der Waals surface area contributed by atoms with Crippen LogP contribution in [-0.2, 0) is 4.57 Å². The van der Waals surface area contributed by atoms with Gasteiger partial charge in [-0.15, -0.1) is 0 Å². The zero-order chi connectivity index (χ0) is 32.1. The van der Waals surface area contributed by atoms with Gasteiger partial charge >= 0.3 is 0 Å². The molecule has 0 aliphatic rings. The van der Waals surface area contributed by atoms with E-state index in [1.165, 1.54) is 0 Å². The van der Waals surface area contributed by atoms with E-state index in [1.54, 1.807) is 6.20 Å². The van der Waals surface area contributed by atoms with Crippen molar-refractivity contribution in [1.82, 2.24) is 19.9 Å². The maximum absolute atomic E-state index is 15.4. The van der Waals surface area contributed by atoms with Crippen LogP contribution in [0.2, 0.25) is 0 Å². The first-order valence-corrected chi connectivity index (χ1v) is 17.5. The van der Waals surface area contributed by atoms with Crippen molar-refractivity contribution in [3.8, 4) is 22.5 Å². The Labute approximate surface area is 277 Å². The third-order valence-corrected chi connectivity index (χ3v) is 12.1. The summed E-state index contributed by atoms with van der Waals surface area (Å²) >= 11 is 0. The highest BCUT2D eigenvalue weighted by atomic mass is 31.2. The molecule has 0 saturated carbocycles. The van der Waals surface area contributed by atoms with Gasteiger partial charge in [0, 0.05) is 61.0 Å². The molecule has 0 saturated heterocycles. The molecule has 9 aromatic rings. The molecule has 6 heteroatoms. The molecule has 0 fully saturated rings. The fraction of sp³-hybridized carbons (Fsp3) is 0. The molecule has 0 amide bonds. The zero-order valence-electron chi connectivity index (χ0n) is 25.7. The van der Waals surface area contributed by atoms with Crippen LogP contribution in [0.5, 0.6) is 0 Å². The first-order valence-electron chi connectivity index (χ1n) is 15.8. The second kappa shape index (κ2) is 11.3. The predicted octanol–water partition coefficient (Wildman–Crippen LogP) is 8.85. The highest BCUT2D eigenvalue weighted by Gasteiger charge is 2.32. The second-order valence-corrected chi connectivity index (χ2v) is 14.6. The number of pyridine rings is 4. The van der Waals surface area contributed by atoms with Crippen LogP contribution in [0.15, 0.2) is 164 Å². The van der Waals surface area contributed by atoms with E-state index in [1.807, 2.05) is 103 Å². The summed E-state index contributed by atoms with van der Waals surface area (Å²) in [5.41, 5.74) is 6.94. The van der Waals surface area contributed by atoms with Crippen molar-refractivity contribution in [2.45, 2.75) is 0 Å². The molecule has 5 nitrogen and oxygen atoms in total. The van der Waals surface area contributed by atoms with Gasteiger partial charge in [0.15, 0.2) is 7.14 Å². The molecule has 0 atom stereocenters. The molecular weight excluding hydrogens is 607 g/mol. The van der Waals surface area contributed by atoms with Gasteiger partial charge in [-0.1, -0.05) is 115 Å². The van der Waals surface area contributed by atoms with E-state index in [0.717, 1.165) is 82.0 Å². The Bertz CT molecular complexity index is 2670. The van der Waals surface area contributed by atoms with Gasteiger partial charge in [0.05, 0.1) is 33.5 Å². The molecular formula is C42H27N4OP.